The highest BCUT2D eigenvalue weighted by Crippen LogP contribution is 2.30. The molecule has 0 saturated heterocycles. The van der Waals surface area contributed by atoms with E-state index in [0.717, 1.165) is 24.8 Å². The lowest BCUT2D eigenvalue weighted by Crippen LogP contribution is -2.47. The summed E-state index contributed by atoms with van der Waals surface area (Å²) in [4.78, 5) is 11.8. The Bertz CT molecular complexity index is 429. The maximum atomic E-state index is 11.8. The molecule has 1 aromatic carbocycles. The lowest BCUT2D eigenvalue weighted by Gasteiger charge is -2.36. The third kappa shape index (κ3) is 4.32. The Kier molecular flexibility index (Phi) is 5.15. The fraction of sp³-hybridized carbons (Fsp3) is 0.562. The van der Waals surface area contributed by atoms with Gasteiger partial charge < -0.3 is 15.2 Å². The molecule has 2 rings (SSSR count). The summed E-state index contributed by atoms with van der Waals surface area (Å²) in [6.45, 7) is 3.25. The lowest BCUT2D eigenvalue weighted by atomic mass is 9.80. The van der Waals surface area contributed by atoms with Crippen LogP contribution < -0.4 is 5.32 Å². The fourth-order valence-corrected chi connectivity index (χ4v) is 2.24. The Labute approximate surface area is 120 Å². The Hall–Kier alpha value is -1.39. The first-order valence-corrected chi connectivity index (χ1v) is 7.23. The number of carbonyl (C=O) groups is 1. The summed E-state index contributed by atoms with van der Waals surface area (Å²) >= 11 is 0. The number of nitrogens with one attached hydrogen (secondary N) is 1. The standard InChI is InChI=1S/C16H23NO3/c1-13(10-17-12-16(19)8-5-9-16)15(18)20-11-14-6-3-2-4-7-14/h2-4,6-7,13,17,19H,5,8-12H2,1H3. The largest absolute Gasteiger partial charge is 0.461 e. The predicted octanol–water partition coefficient (Wildman–Crippen LogP) is 1.87. The van der Waals surface area contributed by atoms with Crippen LogP contribution in [0, 0.1) is 5.92 Å². The molecule has 1 saturated carbocycles. The van der Waals surface area contributed by atoms with Gasteiger partial charge in [-0.1, -0.05) is 37.3 Å². The van der Waals surface area contributed by atoms with Gasteiger partial charge in [0.1, 0.15) is 6.61 Å². The van der Waals surface area contributed by atoms with E-state index in [1.807, 2.05) is 37.3 Å². The molecule has 0 spiro atoms. The van der Waals surface area contributed by atoms with Crippen molar-refractivity contribution >= 4 is 5.97 Å². The molecule has 0 radical (unpaired) electrons. The zero-order valence-electron chi connectivity index (χ0n) is 12.0. The summed E-state index contributed by atoms with van der Waals surface area (Å²) in [6, 6.07) is 9.65. The van der Waals surface area contributed by atoms with Gasteiger partial charge in [-0.15, -0.1) is 0 Å². The van der Waals surface area contributed by atoms with Crippen molar-refractivity contribution in [2.75, 3.05) is 13.1 Å². The summed E-state index contributed by atoms with van der Waals surface area (Å²) in [5.41, 5.74) is 0.443. The molecule has 0 amide bonds. The maximum Gasteiger partial charge on any atom is 0.310 e. The van der Waals surface area contributed by atoms with E-state index in [2.05, 4.69) is 5.32 Å². The minimum absolute atomic E-state index is 0.206. The van der Waals surface area contributed by atoms with Crippen molar-refractivity contribution in [3.63, 3.8) is 0 Å². The molecule has 4 nitrogen and oxygen atoms in total. The molecule has 0 aromatic heterocycles. The van der Waals surface area contributed by atoms with Crippen molar-refractivity contribution in [3.8, 4) is 0 Å². The van der Waals surface area contributed by atoms with E-state index >= 15 is 0 Å². The van der Waals surface area contributed by atoms with Gasteiger partial charge in [0.2, 0.25) is 0 Å². The molecular weight excluding hydrogens is 254 g/mol. The first-order valence-electron chi connectivity index (χ1n) is 7.23. The number of carbonyl (C=O) groups excluding carboxylic acids is 1. The first-order chi connectivity index (χ1) is 9.59. The van der Waals surface area contributed by atoms with Crippen LogP contribution in [-0.2, 0) is 16.1 Å². The van der Waals surface area contributed by atoms with Crippen molar-refractivity contribution < 1.29 is 14.6 Å². The van der Waals surface area contributed by atoms with Crippen LogP contribution in [0.5, 0.6) is 0 Å². The first kappa shape index (κ1) is 15.0. The van der Waals surface area contributed by atoms with Gasteiger partial charge in [-0.3, -0.25) is 4.79 Å². The van der Waals surface area contributed by atoms with Gasteiger partial charge in [-0.25, -0.2) is 0 Å². The van der Waals surface area contributed by atoms with Crippen molar-refractivity contribution in [2.45, 2.75) is 38.4 Å². The number of rotatable bonds is 7. The van der Waals surface area contributed by atoms with Crippen molar-refractivity contribution in [3.05, 3.63) is 35.9 Å². The molecule has 1 unspecified atom stereocenters. The highest BCUT2D eigenvalue weighted by Gasteiger charge is 2.33. The molecule has 2 N–H and O–H groups in total. The number of aliphatic hydroxyl groups is 1. The Balaban J connectivity index is 1.64. The minimum atomic E-state index is -0.548. The number of ether oxygens (including phenoxy) is 1. The summed E-state index contributed by atoms with van der Waals surface area (Å²) in [7, 11) is 0. The molecule has 1 aliphatic carbocycles. The number of hydrogen-bond donors (Lipinski definition) is 2. The van der Waals surface area contributed by atoms with Crippen molar-refractivity contribution in [1.82, 2.24) is 5.32 Å². The highest BCUT2D eigenvalue weighted by molar-refractivity contribution is 5.72. The second kappa shape index (κ2) is 6.86. The van der Waals surface area contributed by atoms with Crippen LogP contribution in [0.25, 0.3) is 0 Å². The van der Waals surface area contributed by atoms with Gasteiger partial charge in [-0.2, -0.15) is 0 Å². The summed E-state index contributed by atoms with van der Waals surface area (Å²) in [5.74, 6) is -0.413. The Morgan fingerprint density at radius 1 is 1.40 bits per heavy atom. The lowest BCUT2D eigenvalue weighted by molar-refractivity contribution is -0.149. The predicted molar refractivity (Wildman–Crippen MR) is 77.1 cm³/mol. The van der Waals surface area contributed by atoms with Crippen LogP contribution >= 0.6 is 0 Å². The van der Waals surface area contributed by atoms with E-state index in [0.29, 0.717) is 19.7 Å². The number of esters is 1. The number of benzene rings is 1. The highest BCUT2D eigenvalue weighted by atomic mass is 16.5. The van der Waals surface area contributed by atoms with Gasteiger partial charge in [0.15, 0.2) is 0 Å². The molecule has 20 heavy (non-hydrogen) atoms. The SMILES string of the molecule is CC(CNCC1(O)CCC1)C(=O)OCc1ccccc1. The summed E-state index contributed by atoms with van der Waals surface area (Å²) < 4.78 is 5.27. The average Bonchev–Trinajstić information content (AvgIpc) is 2.44. The van der Waals surface area contributed by atoms with Gasteiger partial charge in [-0.05, 0) is 24.8 Å². The van der Waals surface area contributed by atoms with Crippen LogP contribution in [0.4, 0.5) is 0 Å². The molecule has 0 heterocycles. The Morgan fingerprint density at radius 3 is 2.70 bits per heavy atom. The van der Waals surface area contributed by atoms with Crippen molar-refractivity contribution in [1.29, 1.82) is 0 Å². The second-order valence-corrected chi connectivity index (χ2v) is 5.70. The van der Waals surface area contributed by atoms with Gasteiger partial charge in [0, 0.05) is 13.1 Å². The molecule has 1 aromatic rings. The van der Waals surface area contributed by atoms with E-state index in [-0.39, 0.29) is 11.9 Å². The molecule has 0 aliphatic heterocycles. The van der Waals surface area contributed by atoms with Crippen LogP contribution in [-0.4, -0.2) is 29.8 Å². The van der Waals surface area contributed by atoms with Crippen LogP contribution in [0.2, 0.25) is 0 Å². The van der Waals surface area contributed by atoms with Crippen LogP contribution in [0.1, 0.15) is 31.7 Å². The topological polar surface area (TPSA) is 58.6 Å². The minimum Gasteiger partial charge on any atom is -0.461 e. The fourth-order valence-electron chi connectivity index (χ4n) is 2.24. The molecule has 1 atom stereocenters. The van der Waals surface area contributed by atoms with E-state index in [9.17, 15) is 9.90 Å². The molecule has 4 heteroatoms. The molecule has 1 aliphatic rings. The van der Waals surface area contributed by atoms with E-state index in [4.69, 9.17) is 4.74 Å². The number of hydrogen-bond acceptors (Lipinski definition) is 4. The van der Waals surface area contributed by atoms with Gasteiger partial charge in [0.25, 0.3) is 0 Å². The summed E-state index contributed by atoms with van der Waals surface area (Å²) in [5, 5.41) is 13.1. The smallest absolute Gasteiger partial charge is 0.310 e. The third-order valence-electron chi connectivity index (χ3n) is 3.82. The van der Waals surface area contributed by atoms with Gasteiger partial charge in [0.05, 0.1) is 11.5 Å². The molecular formula is C16H23NO3. The van der Waals surface area contributed by atoms with E-state index in [1.54, 1.807) is 0 Å². The van der Waals surface area contributed by atoms with Gasteiger partial charge >= 0.3 is 5.97 Å². The van der Waals surface area contributed by atoms with E-state index < -0.39 is 5.60 Å². The summed E-state index contributed by atoms with van der Waals surface area (Å²) in [6.07, 6.45) is 2.80. The molecule has 0 bridgehead atoms. The Morgan fingerprint density at radius 2 is 2.10 bits per heavy atom. The molecule has 1 fully saturated rings. The molecule has 110 valence electrons. The maximum absolute atomic E-state index is 11.8. The van der Waals surface area contributed by atoms with E-state index in [1.165, 1.54) is 0 Å². The van der Waals surface area contributed by atoms with Crippen LogP contribution in [0.3, 0.4) is 0 Å². The van der Waals surface area contributed by atoms with Crippen molar-refractivity contribution in [2.24, 2.45) is 5.92 Å². The monoisotopic (exact) mass is 277 g/mol. The average molecular weight is 277 g/mol. The zero-order valence-corrected chi connectivity index (χ0v) is 12.0. The normalized spacial score (nSPS) is 18.1. The zero-order chi connectivity index (χ0) is 14.4. The quantitative estimate of drug-likeness (QED) is 0.747. The third-order valence-corrected chi connectivity index (χ3v) is 3.82. The second-order valence-electron chi connectivity index (χ2n) is 5.70. The van der Waals surface area contributed by atoms with Crippen LogP contribution in [0.15, 0.2) is 30.3 Å².